The lowest BCUT2D eigenvalue weighted by atomic mass is 10.0. The number of likely N-dealkylation sites (N-methyl/N-ethyl adjacent to an activating group) is 1. The van der Waals surface area contributed by atoms with Gasteiger partial charge >= 0.3 is 5.97 Å². The number of hydrogen-bond donors (Lipinski definition) is 1. The number of phosphoric acid groups is 1. The fourth-order valence-electron chi connectivity index (χ4n) is 8.52. The van der Waals surface area contributed by atoms with Crippen LogP contribution in [0.15, 0.2) is 146 Å². The van der Waals surface area contributed by atoms with Crippen molar-refractivity contribution in [2.24, 2.45) is 0 Å². The monoisotopic (exact) mass is 1140 g/mol. The minimum Gasteiger partial charge on any atom is -0.756 e. The maximum Gasteiger partial charge on any atom is 0.306 e. The summed E-state index contributed by atoms with van der Waals surface area (Å²) in [7, 11) is 1.13. The molecule has 3 unspecified atom stereocenters. The summed E-state index contributed by atoms with van der Waals surface area (Å²) in [5.74, 6) is -0.609. The number of ether oxygens (including phenoxy) is 1. The van der Waals surface area contributed by atoms with Crippen molar-refractivity contribution < 1.29 is 37.3 Å². The average molecular weight is 1140 g/mol. The van der Waals surface area contributed by atoms with Gasteiger partial charge in [0.15, 0.2) is 0 Å². The van der Waals surface area contributed by atoms with Crippen LogP contribution >= 0.6 is 7.82 Å². The summed E-state index contributed by atoms with van der Waals surface area (Å²) in [4.78, 5) is 40.1. The maximum atomic E-state index is 13.6. The second-order valence-electron chi connectivity index (χ2n) is 22.3. The van der Waals surface area contributed by atoms with Crippen LogP contribution in [0.4, 0.5) is 0 Å². The van der Waals surface area contributed by atoms with Gasteiger partial charge in [-0.25, -0.2) is 0 Å². The Balaban J connectivity index is 5.29. The highest BCUT2D eigenvalue weighted by Gasteiger charge is 2.27. The number of allylic oxidation sites excluding steroid dienone is 23. The highest BCUT2D eigenvalue weighted by atomic mass is 31.2. The van der Waals surface area contributed by atoms with E-state index in [1.54, 1.807) is 0 Å². The van der Waals surface area contributed by atoms with Gasteiger partial charge in [-0.2, -0.15) is 0 Å². The summed E-state index contributed by atoms with van der Waals surface area (Å²) in [6.07, 6.45) is 85.3. The number of carbonyl (C=O) groups is 2. The van der Waals surface area contributed by atoms with Gasteiger partial charge in [0, 0.05) is 12.8 Å². The third kappa shape index (κ3) is 60.3. The van der Waals surface area contributed by atoms with Crippen molar-refractivity contribution in [1.82, 2.24) is 5.32 Å². The zero-order valence-corrected chi connectivity index (χ0v) is 53.3. The van der Waals surface area contributed by atoms with Crippen LogP contribution < -0.4 is 10.2 Å². The van der Waals surface area contributed by atoms with Gasteiger partial charge < -0.3 is 28.5 Å². The van der Waals surface area contributed by atoms with E-state index in [2.05, 4.69) is 99.0 Å². The Labute approximate surface area is 498 Å². The summed E-state index contributed by atoms with van der Waals surface area (Å²) in [5.41, 5.74) is 0. The third-order valence-electron chi connectivity index (χ3n) is 13.4. The van der Waals surface area contributed by atoms with E-state index in [1.807, 2.05) is 94.1 Å². The molecule has 0 saturated carbocycles. The van der Waals surface area contributed by atoms with E-state index < -0.39 is 26.6 Å². The molecule has 0 aromatic carbocycles. The third-order valence-corrected chi connectivity index (χ3v) is 14.4. The van der Waals surface area contributed by atoms with E-state index >= 15 is 0 Å². The SMILES string of the molecule is CC\C=C/C=C/C=C/C=C\C=C\C=C\CCCCCC(=O)OC(/C=C\CCCCCCCCCCCCC)C(COP(=O)([O-])OCC[N+](C)(C)C)NC(=O)CCCCCCCCCCC/C=C\C/C=C\C/C=C\C/C=C\C/C=C\CC. The lowest BCUT2D eigenvalue weighted by molar-refractivity contribution is -0.870. The molecule has 10 heteroatoms. The van der Waals surface area contributed by atoms with Crippen molar-refractivity contribution in [3.05, 3.63) is 146 Å². The topological polar surface area (TPSA) is 114 Å². The smallest absolute Gasteiger partial charge is 0.306 e. The van der Waals surface area contributed by atoms with E-state index in [-0.39, 0.29) is 31.3 Å². The molecule has 1 N–H and O–H groups in total. The number of unbranched alkanes of at least 4 members (excludes halogenated alkanes) is 23. The first-order chi connectivity index (χ1) is 39.4. The molecular formula is C71H119N2O7P. The number of nitrogens with one attached hydrogen (secondary N) is 1. The van der Waals surface area contributed by atoms with Crippen molar-refractivity contribution in [3.63, 3.8) is 0 Å². The van der Waals surface area contributed by atoms with Crippen LogP contribution in [0.5, 0.6) is 0 Å². The number of phosphoric ester groups is 1. The Kier molecular flexibility index (Phi) is 56.1. The molecule has 0 fully saturated rings. The molecule has 1 amide bonds. The highest BCUT2D eigenvalue weighted by molar-refractivity contribution is 7.45. The van der Waals surface area contributed by atoms with Crippen LogP contribution in [-0.4, -0.2) is 69.4 Å². The molecule has 0 aliphatic heterocycles. The zero-order chi connectivity index (χ0) is 59.3. The fraction of sp³-hybridized carbons (Fsp3) is 0.634. The van der Waals surface area contributed by atoms with Crippen LogP contribution in [-0.2, 0) is 27.9 Å². The molecule has 81 heavy (non-hydrogen) atoms. The predicted octanol–water partition coefficient (Wildman–Crippen LogP) is 19.6. The molecule has 0 bridgehead atoms. The molecule has 0 radical (unpaired) electrons. The van der Waals surface area contributed by atoms with Gasteiger partial charge in [-0.15, -0.1) is 0 Å². The van der Waals surface area contributed by atoms with E-state index in [9.17, 15) is 19.0 Å². The van der Waals surface area contributed by atoms with Crippen molar-refractivity contribution in [1.29, 1.82) is 0 Å². The van der Waals surface area contributed by atoms with Crippen LogP contribution in [0.1, 0.15) is 239 Å². The molecular weight excluding hydrogens is 1020 g/mol. The standard InChI is InChI=1S/C71H119N2O7P/c1-7-10-13-16-19-22-25-28-30-32-33-34-35-36-37-38-39-41-42-45-48-51-54-57-60-63-70(74)72-68(67-79-81(76,77)78-66-65-73(4,5)6)69(62-59-56-53-50-47-44-27-24-21-18-15-12-9-3)80-71(75)64-61-58-55-52-49-46-43-40-31-29-26-23-20-17-14-11-8-2/h10-11,13-14,17,19-20,22-23,26,28-31,33-34,36-37,40,43,46,49,59,62,68-69H,7-9,12,15-16,18,21,24-25,27,32,35,38-39,41-42,44-45,47-48,50-58,60-61,63-67H2,1-6H3,(H-,72,74,76,77)/b13-10-,14-11-,20-17+,22-19-,26-23+,30-28-,31-29-,34-33-,37-36-,43-40+,49-46+,62-59-. The minimum absolute atomic E-state index is 0.0397. The molecule has 0 rings (SSSR count). The highest BCUT2D eigenvalue weighted by Crippen LogP contribution is 2.38. The lowest BCUT2D eigenvalue weighted by Gasteiger charge is -2.30. The zero-order valence-electron chi connectivity index (χ0n) is 52.4. The second kappa shape index (κ2) is 59.1. The maximum absolute atomic E-state index is 13.6. The van der Waals surface area contributed by atoms with E-state index in [0.717, 1.165) is 109 Å². The molecule has 0 aromatic heterocycles. The van der Waals surface area contributed by atoms with Crippen molar-refractivity contribution in [2.45, 2.75) is 251 Å². The quantitative estimate of drug-likeness (QED) is 0.0161. The largest absolute Gasteiger partial charge is 0.756 e. The van der Waals surface area contributed by atoms with Crippen LogP contribution in [0, 0.1) is 0 Å². The molecule has 460 valence electrons. The molecule has 3 atom stereocenters. The Morgan fingerprint density at radius 2 is 0.852 bits per heavy atom. The van der Waals surface area contributed by atoms with Crippen molar-refractivity contribution in [3.8, 4) is 0 Å². The van der Waals surface area contributed by atoms with Crippen molar-refractivity contribution >= 4 is 19.7 Å². The number of carbonyl (C=O) groups excluding carboxylic acids is 2. The minimum atomic E-state index is -4.72. The molecule has 0 saturated heterocycles. The summed E-state index contributed by atoms with van der Waals surface area (Å²) in [6, 6.07) is -0.922. The molecule has 0 spiro atoms. The summed E-state index contributed by atoms with van der Waals surface area (Å²) >= 11 is 0. The Morgan fingerprint density at radius 1 is 0.457 bits per heavy atom. The summed E-state index contributed by atoms with van der Waals surface area (Å²) in [6.45, 7) is 6.53. The number of hydrogen-bond acceptors (Lipinski definition) is 7. The van der Waals surface area contributed by atoms with E-state index in [0.29, 0.717) is 17.4 Å². The Hall–Kier alpha value is -4.11. The van der Waals surface area contributed by atoms with Gasteiger partial charge in [-0.05, 0) is 96.0 Å². The number of nitrogens with zero attached hydrogens (tertiary/aromatic N) is 1. The van der Waals surface area contributed by atoms with Crippen LogP contribution in [0.3, 0.4) is 0 Å². The first kappa shape index (κ1) is 76.9. The van der Waals surface area contributed by atoms with Gasteiger partial charge in [0.25, 0.3) is 7.82 Å². The van der Waals surface area contributed by atoms with Gasteiger partial charge in [0.1, 0.15) is 19.3 Å². The van der Waals surface area contributed by atoms with E-state index in [1.165, 1.54) is 89.9 Å². The van der Waals surface area contributed by atoms with E-state index in [4.69, 9.17) is 13.8 Å². The number of amides is 1. The molecule has 0 aromatic rings. The van der Waals surface area contributed by atoms with Crippen molar-refractivity contribution in [2.75, 3.05) is 40.9 Å². The fourth-order valence-corrected chi connectivity index (χ4v) is 9.24. The molecule has 0 aliphatic carbocycles. The van der Waals surface area contributed by atoms with Crippen LogP contribution in [0.25, 0.3) is 0 Å². The molecule has 0 heterocycles. The van der Waals surface area contributed by atoms with Crippen LogP contribution in [0.2, 0.25) is 0 Å². The second-order valence-corrected chi connectivity index (χ2v) is 23.7. The number of esters is 1. The molecule has 0 aliphatic rings. The number of quaternary nitrogens is 1. The van der Waals surface area contributed by atoms with Gasteiger partial charge in [0.05, 0.1) is 33.8 Å². The predicted molar refractivity (Wildman–Crippen MR) is 348 cm³/mol. The summed E-state index contributed by atoms with van der Waals surface area (Å²) in [5, 5.41) is 3.02. The first-order valence-electron chi connectivity index (χ1n) is 32.2. The van der Waals surface area contributed by atoms with Gasteiger partial charge in [-0.3, -0.25) is 14.2 Å². The van der Waals surface area contributed by atoms with Gasteiger partial charge in [-0.1, -0.05) is 276 Å². The van der Waals surface area contributed by atoms with Gasteiger partial charge in [0.2, 0.25) is 5.91 Å². The molecule has 9 nitrogen and oxygen atoms in total. The number of rotatable bonds is 56. The Morgan fingerprint density at radius 3 is 1.35 bits per heavy atom. The summed E-state index contributed by atoms with van der Waals surface area (Å²) < 4.78 is 30.3. The first-order valence-corrected chi connectivity index (χ1v) is 33.7. The normalized spacial score (nSPS) is 14.6. The average Bonchev–Trinajstić information content (AvgIpc) is 3.44. The Bertz CT molecular complexity index is 1890. The lowest BCUT2D eigenvalue weighted by Crippen LogP contribution is -2.47.